The number of nitrogens with one attached hydrogen (secondary N) is 13. The summed E-state index contributed by atoms with van der Waals surface area (Å²) in [6.45, 7) is 14.4. The molecule has 0 bridgehead atoms. The fourth-order valence-electron chi connectivity index (χ4n) is 10.1. The number of hydrogen-bond acceptors (Lipinski definition) is 17. The highest BCUT2D eigenvalue weighted by Gasteiger charge is 2.41. The normalized spacial score (nSPS) is 20.6. The second-order valence-electron chi connectivity index (χ2n) is 24.0. The van der Waals surface area contributed by atoms with E-state index in [9.17, 15) is 67.7 Å². The summed E-state index contributed by atoms with van der Waals surface area (Å²) in [5.74, 6) is -13.5. The van der Waals surface area contributed by atoms with E-state index in [0.29, 0.717) is 32.2 Å². The molecule has 30 heteroatoms. The predicted octanol–water partition coefficient (Wildman–Crippen LogP) is -2.13. The highest BCUT2D eigenvalue weighted by Crippen LogP contribution is 2.20. The summed E-state index contributed by atoms with van der Waals surface area (Å²) < 4.78 is 5.73. The van der Waals surface area contributed by atoms with Gasteiger partial charge in [0.05, 0.1) is 19.3 Å². The maximum absolute atomic E-state index is 14.5. The lowest BCUT2D eigenvalue weighted by Crippen LogP contribution is -2.63. The Morgan fingerprint density at radius 1 is 0.602 bits per heavy atom. The van der Waals surface area contributed by atoms with Crippen molar-refractivity contribution >= 4 is 87.7 Å². The zero-order valence-electron chi connectivity index (χ0n) is 55.3. The minimum atomic E-state index is -1.83. The Kier molecular flexibility index (Phi) is 33.1. The van der Waals surface area contributed by atoms with Crippen LogP contribution in [0, 0.1) is 29.1 Å². The van der Waals surface area contributed by atoms with Crippen molar-refractivity contribution in [1.82, 2.24) is 63.8 Å². The molecule has 3 rings (SSSR count). The summed E-state index contributed by atoms with van der Waals surface area (Å²) in [7, 11) is 1.61. The summed E-state index contributed by atoms with van der Waals surface area (Å²) in [6.07, 6.45) is 0.118. The lowest BCUT2D eigenvalue weighted by atomic mass is 9.94. The standard InChI is InChI=1S/C63H101N15O15/c1-12-32(5)47(75-55(85)43(67-11)29-38-23-24-39-20-16-17-21-40(39)28-38)58(88)72-44(30-79)56(86)71-42(25-26-46(64)81)54(84)74-49(34(7)14-3)60(90)76-48(33(6)13-2)59(89)73-45(31-80)57(87)78-51-37(10)93-62(92)50(35(8)15-4)77-53(83)41(22-18-19-27-68-63(65)66)70-52(82)36(9)69-61(51)91/h16-17,20-21,23-24,28,32-37,41-45,47-51,67,79-80H,12-15,18-19,22,25-27,29-31H2,1-11H3,(H2,64,81)(H,69,91)(H,70,82)(H,71,86)(H,72,88)(H,73,89)(H,74,84)(H,75,85)(H,76,90)(H,77,83)(H,78,87)(H4,65,66,68)/t32-,33-,34-,35-,36-,37-,41-,42+,43+,44-,45-,47-,48-,49+,50-,51+/m0/s1. The van der Waals surface area contributed by atoms with E-state index in [-0.39, 0.29) is 31.6 Å². The average molecular weight is 1310 g/mol. The van der Waals surface area contributed by atoms with Crippen LogP contribution in [0.15, 0.2) is 42.5 Å². The number of primary amides is 1. The number of nitrogens with two attached hydrogens (primary N) is 2. The van der Waals surface area contributed by atoms with E-state index in [1.54, 1.807) is 62.4 Å². The van der Waals surface area contributed by atoms with E-state index in [4.69, 9.17) is 21.6 Å². The number of fused-ring (bicyclic) bond motifs is 1. The van der Waals surface area contributed by atoms with Crippen LogP contribution in [0.5, 0.6) is 0 Å². The van der Waals surface area contributed by atoms with Crippen LogP contribution >= 0.6 is 0 Å². The first-order valence-electron chi connectivity index (χ1n) is 32.0. The Hall–Kier alpha value is -8.51. The fraction of sp³-hybridized carbons (Fsp3) is 0.635. The summed E-state index contributed by atoms with van der Waals surface area (Å²) in [5.41, 5.74) is 11.7. The molecule has 19 N–H and O–H groups in total. The number of carbonyl (C=O) groups is 12. The van der Waals surface area contributed by atoms with Gasteiger partial charge in [-0.05, 0) is 93.0 Å². The maximum atomic E-state index is 14.5. The van der Waals surface area contributed by atoms with Crippen LogP contribution in [-0.2, 0) is 68.7 Å². The molecule has 2 aromatic carbocycles. The van der Waals surface area contributed by atoms with Gasteiger partial charge < -0.3 is 90.2 Å². The minimum Gasteiger partial charge on any atom is -0.458 e. The zero-order chi connectivity index (χ0) is 69.8. The van der Waals surface area contributed by atoms with Crippen LogP contribution in [0.4, 0.5) is 0 Å². The Morgan fingerprint density at radius 3 is 1.62 bits per heavy atom. The maximum Gasteiger partial charge on any atom is 0.329 e. The number of aliphatic hydroxyl groups is 2. The molecular weight excluding hydrogens is 1210 g/mol. The van der Waals surface area contributed by atoms with Gasteiger partial charge >= 0.3 is 5.97 Å². The molecule has 93 heavy (non-hydrogen) atoms. The van der Waals surface area contributed by atoms with Crippen LogP contribution in [-0.4, -0.2) is 186 Å². The first kappa shape index (κ1) is 78.7. The first-order valence-corrected chi connectivity index (χ1v) is 32.0. The molecule has 0 saturated carbocycles. The number of ether oxygens (including phenoxy) is 1. The smallest absolute Gasteiger partial charge is 0.329 e. The molecule has 0 radical (unpaired) electrons. The third-order valence-corrected chi connectivity index (χ3v) is 17.0. The van der Waals surface area contributed by atoms with E-state index in [1.165, 1.54) is 13.8 Å². The molecule has 0 spiro atoms. The fourth-order valence-corrected chi connectivity index (χ4v) is 10.1. The van der Waals surface area contributed by atoms with Gasteiger partial charge in [-0.3, -0.25) is 58.1 Å². The van der Waals surface area contributed by atoms with Gasteiger partial charge in [0.1, 0.15) is 66.5 Å². The van der Waals surface area contributed by atoms with E-state index >= 15 is 0 Å². The number of rotatable bonds is 35. The molecule has 0 unspecified atom stereocenters. The zero-order valence-corrected chi connectivity index (χ0v) is 55.3. The molecule has 1 aliphatic rings. The monoisotopic (exact) mass is 1310 g/mol. The molecular formula is C63H101N15O15. The summed E-state index contributed by atoms with van der Waals surface area (Å²) in [5, 5.41) is 61.6. The molecule has 11 amide bonds. The molecule has 1 saturated heterocycles. The number of guanidine groups is 1. The Morgan fingerprint density at radius 2 is 1.11 bits per heavy atom. The van der Waals surface area contributed by atoms with Crippen molar-refractivity contribution in [2.45, 2.75) is 206 Å². The highest BCUT2D eigenvalue weighted by molar-refractivity contribution is 6.00. The lowest BCUT2D eigenvalue weighted by molar-refractivity contribution is -0.157. The second kappa shape index (κ2) is 39.1. The highest BCUT2D eigenvalue weighted by atomic mass is 16.5. The number of carbonyl (C=O) groups excluding carboxylic acids is 12. The van der Waals surface area contributed by atoms with Crippen molar-refractivity contribution in [3.05, 3.63) is 48.0 Å². The second-order valence-corrected chi connectivity index (χ2v) is 24.0. The van der Waals surface area contributed by atoms with Crippen molar-refractivity contribution in [2.24, 2.45) is 35.1 Å². The van der Waals surface area contributed by atoms with E-state index < -0.39 is 193 Å². The molecule has 518 valence electrons. The summed E-state index contributed by atoms with van der Waals surface area (Å²) >= 11 is 0. The third-order valence-electron chi connectivity index (χ3n) is 17.0. The van der Waals surface area contributed by atoms with Crippen molar-refractivity contribution in [1.29, 1.82) is 5.41 Å². The molecule has 0 aromatic heterocycles. The number of unbranched alkanes of at least 4 members (excludes halogenated alkanes) is 1. The van der Waals surface area contributed by atoms with Crippen LogP contribution < -0.4 is 75.3 Å². The van der Waals surface area contributed by atoms with Crippen molar-refractivity contribution < 1.29 is 72.5 Å². The molecule has 2 aromatic rings. The number of hydrogen-bond donors (Lipinski definition) is 17. The van der Waals surface area contributed by atoms with Gasteiger partial charge in [-0.1, -0.05) is 124 Å². The molecule has 1 fully saturated rings. The largest absolute Gasteiger partial charge is 0.458 e. The Bertz CT molecular complexity index is 2920. The van der Waals surface area contributed by atoms with Crippen molar-refractivity contribution in [3.63, 3.8) is 0 Å². The lowest BCUT2D eigenvalue weighted by Gasteiger charge is -2.31. The van der Waals surface area contributed by atoms with Crippen molar-refractivity contribution in [3.8, 4) is 0 Å². The van der Waals surface area contributed by atoms with E-state index in [2.05, 4.69) is 63.8 Å². The van der Waals surface area contributed by atoms with Gasteiger partial charge in [-0.25, -0.2) is 4.79 Å². The number of likely N-dealkylation sites (N-methyl/N-ethyl adjacent to an activating group) is 1. The third kappa shape index (κ3) is 24.5. The van der Waals surface area contributed by atoms with E-state index in [0.717, 1.165) is 16.3 Å². The molecule has 1 aliphatic heterocycles. The quantitative estimate of drug-likeness (QED) is 0.0152. The summed E-state index contributed by atoms with van der Waals surface area (Å²) in [6, 6.07) is -2.02. The summed E-state index contributed by atoms with van der Waals surface area (Å²) in [4.78, 5) is 166. The van der Waals surface area contributed by atoms with Gasteiger partial charge in [0.2, 0.25) is 65.0 Å². The predicted molar refractivity (Wildman–Crippen MR) is 345 cm³/mol. The van der Waals surface area contributed by atoms with E-state index in [1.807, 2.05) is 42.5 Å². The van der Waals surface area contributed by atoms with Gasteiger partial charge in [0, 0.05) is 13.0 Å². The Balaban J connectivity index is 1.84. The first-order chi connectivity index (χ1) is 44.0. The average Bonchev–Trinajstić information content (AvgIpc) is 1.86. The SMILES string of the molecule is CC[C@H](C)[C@H](NC(=O)[C@@H](Cc1ccc2ccccc2c1)NC)C(=O)N[C@@H](CO)C(=O)N[C@H](CCC(N)=O)C(=O)N[C@@H](C(=O)N[C@H](C(=O)N[C@@H](CO)C(=O)N[C@H]1C(=O)N[C@@H](C)C(=O)N[C@@H](CCCCNC(=N)N)C(=O)N[C@@H]([C@@H](C)CC)C(=O)O[C@H]1C)[C@@H](C)CC)[C@@H](C)CC. The number of cyclic esters (lactones) is 1. The number of amides is 11. The van der Waals surface area contributed by atoms with Crippen LogP contribution in [0.25, 0.3) is 10.8 Å². The van der Waals surface area contributed by atoms with Crippen molar-refractivity contribution in [2.75, 3.05) is 26.8 Å². The van der Waals surface area contributed by atoms with Gasteiger partial charge in [-0.2, -0.15) is 0 Å². The number of benzene rings is 2. The van der Waals surface area contributed by atoms with Gasteiger partial charge in [0.15, 0.2) is 5.96 Å². The Labute approximate surface area is 543 Å². The number of aliphatic hydroxyl groups excluding tert-OH is 2. The molecule has 1 heterocycles. The van der Waals surface area contributed by atoms with Gasteiger partial charge in [-0.15, -0.1) is 0 Å². The minimum absolute atomic E-state index is 0.0951. The molecule has 30 nitrogen and oxygen atoms in total. The topological polar surface area (TPSA) is 475 Å². The van der Waals surface area contributed by atoms with Gasteiger partial charge in [0.25, 0.3) is 0 Å². The van der Waals surface area contributed by atoms with Crippen LogP contribution in [0.1, 0.15) is 133 Å². The molecule has 16 atom stereocenters. The van der Waals surface area contributed by atoms with Crippen LogP contribution in [0.3, 0.4) is 0 Å². The van der Waals surface area contributed by atoms with Crippen LogP contribution in [0.2, 0.25) is 0 Å². The molecule has 0 aliphatic carbocycles. The number of esters is 1.